The van der Waals surface area contributed by atoms with Gasteiger partial charge in [0.15, 0.2) is 17.3 Å². The molecular formula is C31H34N2O5. The first-order valence-corrected chi connectivity index (χ1v) is 13.0. The Kier molecular flexibility index (Phi) is 7.45. The van der Waals surface area contributed by atoms with E-state index in [1.54, 1.807) is 21.3 Å². The molecule has 198 valence electrons. The van der Waals surface area contributed by atoms with Crippen LogP contribution in [0.15, 0.2) is 71.9 Å². The molecule has 2 aliphatic rings. The van der Waals surface area contributed by atoms with Crippen LogP contribution in [0, 0.1) is 0 Å². The molecule has 0 bridgehead atoms. The molecule has 5 rings (SSSR count). The van der Waals surface area contributed by atoms with E-state index in [1.807, 2.05) is 60.7 Å². The number of hydrogen-bond donors (Lipinski definition) is 2. The molecule has 0 spiro atoms. The van der Waals surface area contributed by atoms with Crippen LogP contribution in [0.1, 0.15) is 49.3 Å². The van der Waals surface area contributed by atoms with E-state index < -0.39 is 0 Å². The summed E-state index contributed by atoms with van der Waals surface area (Å²) in [5, 5.41) is 7.23. The third kappa shape index (κ3) is 4.88. The molecule has 7 heteroatoms. The minimum atomic E-state index is -0.283. The molecule has 0 saturated heterocycles. The van der Waals surface area contributed by atoms with Crippen LogP contribution in [-0.2, 0) is 4.79 Å². The van der Waals surface area contributed by atoms with Crippen LogP contribution in [0.4, 0.5) is 11.4 Å². The second kappa shape index (κ2) is 11.1. The predicted octanol–water partition coefficient (Wildman–Crippen LogP) is 6.48. The van der Waals surface area contributed by atoms with Gasteiger partial charge in [-0.1, -0.05) is 31.2 Å². The second-order valence-electron chi connectivity index (χ2n) is 9.54. The zero-order chi connectivity index (χ0) is 26.6. The average Bonchev–Trinajstić information content (AvgIpc) is 3.12. The smallest absolute Gasteiger partial charge is 0.203 e. The van der Waals surface area contributed by atoms with Gasteiger partial charge in [-0.05, 0) is 66.3 Å². The lowest BCUT2D eigenvalue weighted by atomic mass is 9.78. The Morgan fingerprint density at radius 3 is 2.16 bits per heavy atom. The third-order valence-electron chi connectivity index (χ3n) is 7.15. The van der Waals surface area contributed by atoms with E-state index in [0.717, 1.165) is 45.9 Å². The van der Waals surface area contributed by atoms with Gasteiger partial charge in [-0.2, -0.15) is 0 Å². The fraction of sp³-hybridized carbons (Fsp3) is 0.323. The Balaban J connectivity index is 1.55. The number of ketones is 1. The lowest BCUT2D eigenvalue weighted by Crippen LogP contribution is -2.27. The highest BCUT2D eigenvalue weighted by molar-refractivity contribution is 6.01. The third-order valence-corrected chi connectivity index (χ3v) is 7.15. The summed E-state index contributed by atoms with van der Waals surface area (Å²) in [5.41, 5.74) is 5.58. The SMILES string of the molecule is CCCOc1ccc([C@H]2Nc3ccccc3NC3=C2C(=O)C[C@@H](c2cc(OC)c(OC)c(OC)c2)C3)cc1. The maximum atomic E-state index is 13.9. The largest absolute Gasteiger partial charge is 0.494 e. The Morgan fingerprint density at radius 1 is 0.842 bits per heavy atom. The van der Waals surface area contributed by atoms with Crippen LogP contribution >= 0.6 is 0 Å². The molecule has 1 aliphatic carbocycles. The van der Waals surface area contributed by atoms with Gasteiger partial charge in [-0.15, -0.1) is 0 Å². The molecule has 0 fully saturated rings. The van der Waals surface area contributed by atoms with Crippen molar-refractivity contribution in [2.24, 2.45) is 0 Å². The molecule has 3 aromatic rings. The van der Waals surface area contributed by atoms with Crippen LogP contribution in [-0.4, -0.2) is 33.7 Å². The summed E-state index contributed by atoms with van der Waals surface area (Å²) in [4.78, 5) is 13.9. The predicted molar refractivity (Wildman–Crippen MR) is 149 cm³/mol. The topological polar surface area (TPSA) is 78.1 Å². The van der Waals surface area contributed by atoms with Crippen LogP contribution in [0.5, 0.6) is 23.0 Å². The summed E-state index contributed by atoms with van der Waals surface area (Å²) in [6.45, 7) is 2.76. The molecule has 0 unspecified atom stereocenters. The normalized spacial score (nSPS) is 18.4. The molecule has 1 heterocycles. The number of methoxy groups -OCH3 is 3. The molecule has 3 aromatic carbocycles. The number of carbonyl (C=O) groups excluding carboxylic acids is 1. The second-order valence-corrected chi connectivity index (χ2v) is 9.54. The average molecular weight is 515 g/mol. The van der Waals surface area contributed by atoms with Crippen LogP contribution in [0.25, 0.3) is 0 Å². The summed E-state index contributed by atoms with van der Waals surface area (Å²) >= 11 is 0. The van der Waals surface area contributed by atoms with Gasteiger partial charge in [0.1, 0.15) is 5.75 Å². The standard InChI is InChI=1S/C31H34N2O5/c1-5-14-38-22-12-10-19(11-13-22)30-29-25(32-23-8-6-7-9-24(23)33-30)15-20(16-26(29)34)21-17-27(35-2)31(37-4)28(18-21)36-3/h6-13,17-18,20,30,32-33H,5,14-16H2,1-4H3/t20-,30+/m0/s1. The van der Waals surface area contributed by atoms with Crippen molar-refractivity contribution in [3.63, 3.8) is 0 Å². The van der Waals surface area contributed by atoms with Crippen LogP contribution in [0.2, 0.25) is 0 Å². The number of fused-ring (bicyclic) bond motifs is 1. The van der Waals surface area contributed by atoms with E-state index >= 15 is 0 Å². The Bertz CT molecular complexity index is 1320. The van der Waals surface area contributed by atoms with E-state index in [0.29, 0.717) is 36.7 Å². The summed E-state index contributed by atoms with van der Waals surface area (Å²) in [5.74, 6) is 2.59. The van der Waals surface area contributed by atoms with Gasteiger partial charge in [0.2, 0.25) is 5.75 Å². The monoisotopic (exact) mass is 514 g/mol. The van der Waals surface area contributed by atoms with E-state index in [1.165, 1.54) is 0 Å². The summed E-state index contributed by atoms with van der Waals surface area (Å²) in [6.07, 6.45) is 2.00. The molecule has 2 atom stereocenters. The minimum absolute atomic E-state index is 0.0433. The van der Waals surface area contributed by atoms with Crippen molar-refractivity contribution >= 4 is 17.2 Å². The van der Waals surface area contributed by atoms with E-state index in [-0.39, 0.29) is 17.7 Å². The number of Topliss-reactive ketones (excluding diaryl/α,β-unsaturated/α-hetero) is 1. The van der Waals surface area contributed by atoms with Crippen LogP contribution < -0.4 is 29.6 Å². The van der Waals surface area contributed by atoms with Gasteiger partial charge in [-0.3, -0.25) is 4.79 Å². The van der Waals surface area contributed by atoms with Gasteiger partial charge in [0.25, 0.3) is 0 Å². The zero-order valence-electron chi connectivity index (χ0n) is 22.3. The van der Waals surface area contributed by atoms with E-state index in [9.17, 15) is 4.79 Å². The summed E-state index contributed by atoms with van der Waals surface area (Å²) < 4.78 is 22.4. The van der Waals surface area contributed by atoms with E-state index in [2.05, 4.69) is 17.6 Å². The van der Waals surface area contributed by atoms with Crippen molar-refractivity contribution in [2.45, 2.75) is 38.1 Å². The number of hydrogen-bond acceptors (Lipinski definition) is 7. The van der Waals surface area contributed by atoms with Crippen molar-refractivity contribution in [2.75, 3.05) is 38.6 Å². The number of rotatable bonds is 8. The van der Waals surface area contributed by atoms with Gasteiger partial charge >= 0.3 is 0 Å². The molecule has 38 heavy (non-hydrogen) atoms. The highest BCUT2D eigenvalue weighted by atomic mass is 16.5. The first-order chi connectivity index (χ1) is 18.6. The first kappa shape index (κ1) is 25.5. The maximum Gasteiger partial charge on any atom is 0.203 e. The minimum Gasteiger partial charge on any atom is -0.494 e. The number of allylic oxidation sites excluding steroid dienone is 1. The molecule has 0 radical (unpaired) electrons. The number of para-hydroxylation sites is 2. The molecule has 0 saturated carbocycles. The fourth-order valence-electron chi connectivity index (χ4n) is 5.29. The van der Waals surface area contributed by atoms with Crippen molar-refractivity contribution in [3.8, 4) is 23.0 Å². The number of nitrogens with one attached hydrogen (secondary N) is 2. The molecule has 1 aliphatic heterocycles. The highest BCUT2D eigenvalue weighted by Crippen LogP contribution is 2.47. The molecule has 2 N–H and O–H groups in total. The fourth-order valence-corrected chi connectivity index (χ4v) is 5.29. The lowest BCUT2D eigenvalue weighted by Gasteiger charge is -2.30. The Labute approximate surface area is 223 Å². The molecule has 0 amide bonds. The zero-order valence-corrected chi connectivity index (χ0v) is 22.3. The van der Waals surface area contributed by atoms with Gasteiger partial charge in [0.05, 0.1) is 45.4 Å². The number of carbonyl (C=O) groups is 1. The number of anilines is 2. The highest BCUT2D eigenvalue weighted by Gasteiger charge is 2.36. The number of benzene rings is 3. The summed E-state index contributed by atoms with van der Waals surface area (Å²) in [6, 6.07) is 19.7. The first-order valence-electron chi connectivity index (χ1n) is 13.0. The Hall–Kier alpha value is -4.13. The lowest BCUT2D eigenvalue weighted by molar-refractivity contribution is -0.116. The number of ether oxygens (including phenoxy) is 4. The van der Waals surface area contributed by atoms with Crippen molar-refractivity contribution in [3.05, 3.63) is 83.1 Å². The van der Waals surface area contributed by atoms with Crippen LogP contribution in [0.3, 0.4) is 0 Å². The van der Waals surface area contributed by atoms with Crippen molar-refractivity contribution in [1.29, 1.82) is 0 Å². The summed E-state index contributed by atoms with van der Waals surface area (Å²) in [7, 11) is 4.79. The van der Waals surface area contributed by atoms with Crippen molar-refractivity contribution < 1.29 is 23.7 Å². The quantitative estimate of drug-likeness (QED) is 0.356. The van der Waals surface area contributed by atoms with Gasteiger partial charge in [-0.25, -0.2) is 0 Å². The maximum absolute atomic E-state index is 13.9. The van der Waals surface area contributed by atoms with Gasteiger partial charge in [0, 0.05) is 17.7 Å². The van der Waals surface area contributed by atoms with E-state index in [4.69, 9.17) is 18.9 Å². The molecular weight excluding hydrogens is 480 g/mol. The molecule has 0 aromatic heterocycles. The van der Waals surface area contributed by atoms with Crippen molar-refractivity contribution in [1.82, 2.24) is 0 Å². The Morgan fingerprint density at radius 2 is 1.53 bits per heavy atom. The van der Waals surface area contributed by atoms with Gasteiger partial charge < -0.3 is 29.6 Å². The molecule has 7 nitrogen and oxygen atoms in total.